The van der Waals surface area contributed by atoms with Crippen LogP contribution in [0.1, 0.15) is 72.9 Å². The predicted molar refractivity (Wildman–Crippen MR) is 119 cm³/mol. The second kappa shape index (κ2) is 9.99. The number of ether oxygens (including phenoxy) is 1. The maximum atomic E-state index is 15.1. The number of benzene rings is 2. The molecule has 0 saturated heterocycles. The molecule has 0 spiro atoms. The van der Waals surface area contributed by atoms with Crippen LogP contribution >= 0.6 is 0 Å². The minimum atomic E-state index is -1.11. The van der Waals surface area contributed by atoms with E-state index in [1.165, 1.54) is 12.1 Å². The fourth-order valence-electron chi connectivity index (χ4n) is 5.63. The number of nitrogens with zero attached hydrogens (tertiary/aromatic N) is 1. The first kappa shape index (κ1) is 23.4. The Morgan fingerprint density at radius 1 is 1.12 bits per heavy atom. The van der Waals surface area contributed by atoms with Crippen molar-refractivity contribution < 1.29 is 22.7 Å². The van der Waals surface area contributed by atoms with Crippen molar-refractivity contribution in [1.82, 2.24) is 0 Å². The smallest absolute Gasteiger partial charge is 0.343 e. The number of carbonyl (C=O) groups is 1. The Bertz CT molecular complexity index is 1030. The average Bonchev–Trinajstić information content (AvgIpc) is 2.81. The molecule has 0 radical (unpaired) electrons. The molecule has 2 aliphatic rings. The lowest BCUT2D eigenvalue weighted by Crippen LogP contribution is -2.43. The monoisotopic (exact) mass is 455 g/mol. The minimum absolute atomic E-state index is 0.00201. The van der Waals surface area contributed by atoms with Gasteiger partial charge < -0.3 is 4.74 Å². The summed E-state index contributed by atoms with van der Waals surface area (Å²) in [5.74, 6) is -1.66. The van der Waals surface area contributed by atoms with Crippen molar-refractivity contribution in [3.63, 3.8) is 0 Å². The molecule has 174 valence electrons. The van der Waals surface area contributed by atoms with E-state index in [1.807, 2.05) is 0 Å². The Balaban J connectivity index is 1.41. The first-order valence-corrected chi connectivity index (χ1v) is 11.7. The summed E-state index contributed by atoms with van der Waals surface area (Å²) < 4.78 is 49.0. The highest BCUT2D eigenvalue weighted by atomic mass is 19.1. The number of alkyl halides is 2. The zero-order chi connectivity index (χ0) is 23.5. The van der Waals surface area contributed by atoms with E-state index < -0.39 is 24.1 Å². The van der Waals surface area contributed by atoms with E-state index in [0.29, 0.717) is 6.42 Å². The number of hydrogen-bond acceptors (Lipinski definition) is 3. The molecule has 0 aliphatic heterocycles. The van der Waals surface area contributed by atoms with Gasteiger partial charge in [0.15, 0.2) is 0 Å². The van der Waals surface area contributed by atoms with Gasteiger partial charge >= 0.3 is 5.97 Å². The third kappa shape index (κ3) is 4.93. The van der Waals surface area contributed by atoms with E-state index in [4.69, 9.17) is 10.00 Å². The van der Waals surface area contributed by atoms with Crippen LogP contribution in [0.15, 0.2) is 42.5 Å². The van der Waals surface area contributed by atoms with Crippen molar-refractivity contribution in [2.24, 2.45) is 17.8 Å². The zero-order valence-electron chi connectivity index (χ0n) is 18.6. The summed E-state index contributed by atoms with van der Waals surface area (Å²) in [5.41, 5.74) is 0.928. The Morgan fingerprint density at radius 3 is 2.55 bits per heavy atom. The molecule has 33 heavy (non-hydrogen) atoms. The Hall–Kier alpha value is -2.81. The van der Waals surface area contributed by atoms with Gasteiger partial charge in [-0.1, -0.05) is 25.5 Å². The molecule has 2 aromatic carbocycles. The molecule has 2 aliphatic carbocycles. The van der Waals surface area contributed by atoms with E-state index in [1.54, 1.807) is 30.3 Å². The van der Waals surface area contributed by atoms with Crippen molar-refractivity contribution in [3.05, 3.63) is 65.0 Å². The highest BCUT2D eigenvalue weighted by molar-refractivity contribution is 5.91. The first-order valence-electron chi connectivity index (χ1n) is 11.7. The second-order valence-corrected chi connectivity index (χ2v) is 9.35. The SMILES string of the molecule is CCCC1CCC2CC(c3ccc(C(=O)Oc4ccc(C#N)c(F)c4)cc3)C(F)CC2C1F. The van der Waals surface area contributed by atoms with Crippen molar-refractivity contribution in [1.29, 1.82) is 5.26 Å². The Kier molecular flexibility index (Phi) is 7.07. The predicted octanol–water partition coefficient (Wildman–Crippen LogP) is 6.91. The molecule has 3 nitrogen and oxygen atoms in total. The maximum absolute atomic E-state index is 15.1. The van der Waals surface area contributed by atoms with Gasteiger partial charge in [0.1, 0.15) is 30.0 Å². The van der Waals surface area contributed by atoms with Gasteiger partial charge in [-0.2, -0.15) is 5.26 Å². The highest BCUT2D eigenvalue weighted by Crippen LogP contribution is 2.50. The third-order valence-corrected chi connectivity index (χ3v) is 7.37. The molecule has 0 heterocycles. The molecule has 2 aromatic rings. The van der Waals surface area contributed by atoms with Crippen LogP contribution in [0.2, 0.25) is 0 Å². The highest BCUT2D eigenvalue weighted by Gasteiger charge is 2.46. The summed E-state index contributed by atoms with van der Waals surface area (Å²) in [6.45, 7) is 2.07. The minimum Gasteiger partial charge on any atom is -0.423 e. The van der Waals surface area contributed by atoms with E-state index in [0.717, 1.165) is 37.3 Å². The number of fused-ring (bicyclic) bond motifs is 1. The summed E-state index contributed by atoms with van der Waals surface area (Å²) in [4.78, 5) is 12.4. The summed E-state index contributed by atoms with van der Waals surface area (Å²) in [5, 5.41) is 8.79. The maximum Gasteiger partial charge on any atom is 0.343 e. The van der Waals surface area contributed by atoms with E-state index in [-0.39, 0.29) is 47.0 Å². The molecule has 4 rings (SSSR count). The lowest BCUT2D eigenvalue weighted by Gasteiger charge is -2.45. The van der Waals surface area contributed by atoms with Crippen LogP contribution in [0.3, 0.4) is 0 Å². The molecular formula is C27H28F3NO2. The number of halogens is 3. The van der Waals surface area contributed by atoms with Crippen LogP contribution in [-0.2, 0) is 0 Å². The van der Waals surface area contributed by atoms with Crippen molar-refractivity contribution >= 4 is 5.97 Å². The van der Waals surface area contributed by atoms with Crippen LogP contribution in [0.25, 0.3) is 0 Å². The van der Waals surface area contributed by atoms with Crippen molar-refractivity contribution in [2.75, 3.05) is 0 Å². The topological polar surface area (TPSA) is 50.1 Å². The Morgan fingerprint density at radius 2 is 1.88 bits per heavy atom. The fraction of sp³-hybridized carbons (Fsp3) is 0.481. The second-order valence-electron chi connectivity index (χ2n) is 9.35. The summed E-state index contributed by atoms with van der Waals surface area (Å²) in [6.07, 6.45) is 2.52. The van der Waals surface area contributed by atoms with E-state index in [9.17, 15) is 9.18 Å². The van der Waals surface area contributed by atoms with Crippen LogP contribution in [-0.4, -0.2) is 18.3 Å². The van der Waals surface area contributed by atoms with Gasteiger partial charge in [-0.3, -0.25) is 0 Å². The molecule has 0 N–H and O–H groups in total. The number of esters is 1. The Labute approximate surface area is 192 Å². The van der Waals surface area contributed by atoms with Crippen LogP contribution in [0, 0.1) is 34.9 Å². The van der Waals surface area contributed by atoms with E-state index in [2.05, 4.69) is 6.92 Å². The molecule has 6 heteroatoms. The van der Waals surface area contributed by atoms with Gasteiger partial charge in [-0.25, -0.2) is 18.0 Å². The number of nitriles is 1. The molecule has 6 atom stereocenters. The average molecular weight is 456 g/mol. The van der Waals surface area contributed by atoms with Gasteiger partial charge in [0, 0.05) is 12.0 Å². The normalized spacial score (nSPS) is 29.1. The molecule has 6 unspecified atom stereocenters. The molecule has 2 fully saturated rings. The molecule has 2 saturated carbocycles. The summed E-state index contributed by atoms with van der Waals surface area (Å²) in [6, 6.07) is 11.9. The third-order valence-electron chi connectivity index (χ3n) is 7.37. The van der Waals surface area contributed by atoms with E-state index >= 15 is 8.78 Å². The van der Waals surface area contributed by atoms with Gasteiger partial charge in [0.05, 0.1) is 11.1 Å². The quantitative estimate of drug-likeness (QED) is 0.363. The van der Waals surface area contributed by atoms with Gasteiger partial charge in [0.25, 0.3) is 0 Å². The van der Waals surface area contributed by atoms with Gasteiger partial charge in [-0.05, 0) is 79.7 Å². The van der Waals surface area contributed by atoms with Crippen LogP contribution < -0.4 is 4.74 Å². The summed E-state index contributed by atoms with van der Waals surface area (Å²) in [7, 11) is 0. The lowest BCUT2D eigenvalue weighted by molar-refractivity contribution is -0.0106. The molecular weight excluding hydrogens is 427 g/mol. The molecule has 0 aromatic heterocycles. The number of hydrogen-bond donors (Lipinski definition) is 0. The zero-order valence-corrected chi connectivity index (χ0v) is 18.6. The fourth-order valence-corrected chi connectivity index (χ4v) is 5.63. The largest absolute Gasteiger partial charge is 0.423 e. The van der Waals surface area contributed by atoms with Crippen LogP contribution in [0.4, 0.5) is 13.2 Å². The molecule has 0 amide bonds. The lowest BCUT2D eigenvalue weighted by atomic mass is 9.62. The van der Waals surface area contributed by atoms with Gasteiger partial charge in [-0.15, -0.1) is 0 Å². The summed E-state index contributed by atoms with van der Waals surface area (Å²) >= 11 is 0. The standard InChI is InChI=1S/C27H28F3NO2/c1-2-3-17-6-9-19-12-22(25(29)14-23(19)26(17)30)16-4-7-18(8-5-16)27(32)33-21-11-10-20(15-31)24(28)13-21/h4-5,7-8,10-11,13,17,19,22-23,25-26H,2-3,6,9,12,14H2,1H3. The number of rotatable bonds is 5. The van der Waals surface area contributed by atoms with Crippen LogP contribution in [0.5, 0.6) is 5.75 Å². The van der Waals surface area contributed by atoms with Crippen molar-refractivity contribution in [2.45, 2.75) is 63.7 Å². The first-order chi connectivity index (χ1) is 15.9. The van der Waals surface area contributed by atoms with Crippen molar-refractivity contribution in [3.8, 4) is 11.8 Å². The van der Waals surface area contributed by atoms with Gasteiger partial charge in [0.2, 0.25) is 0 Å². The molecule has 0 bridgehead atoms. The number of carbonyl (C=O) groups excluding carboxylic acids is 1.